The van der Waals surface area contributed by atoms with Gasteiger partial charge < -0.3 is 5.11 Å². The number of aromatic hydroxyl groups is 1. The van der Waals surface area contributed by atoms with Crippen molar-refractivity contribution in [1.29, 1.82) is 0 Å². The fourth-order valence-corrected chi connectivity index (χ4v) is 1.59. The van der Waals surface area contributed by atoms with Crippen LogP contribution in [-0.4, -0.2) is 30.3 Å². The Balaban J connectivity index is 2.04. The molecule has 0 unspecified atom stereocenters. The van der Waals surface area contributed by atoms with Crippen LogP contribution in [0.25, 0.3) is 23.0 Å². The number of H-pyrrole nitrogens is 1. The second-order valence-corrected chi connectivity index (χ2v) is 3.74. The van der Waals surface area contributed by atoms with E-state index in [0.717, 1.165) is 6.07 Å². The molecular formula is C12H8FN5O. The first-order chi connectivity index (χ1) is 9.24. The molecule has 3 aromatic rings. The minimum atomic E-state index is -0.471. The van der Waals surface area contributed by atoms with E-state index in [1.807, 2.05) is 0 Å². The summed E-state index contributed by atoms with van der Waals surface area (Å²) in [4.78, 5) is 12.1. The van der Waals surface area contributed by atoms with Crippen molar-refractivity contribution in [3.05, 3.63) is 42.5 Å². The van der Waals surface area contributed by atoms with Crippen LogP contribution in [0.2, 0.25) is 0 Å². The quantitative estimate of drug-likeness (QED) is 0.730. The number of rotatable bonds is 2. The van der Waals surface area contributed by atoms with Gasteiger partial charge in [-0.15, -0.1) is 5.10 Å². The Bertz CT molecular complexity index is 713. The molecule has 6 nitrogen and oxygen atoms in total. The zero-order valence-corrected chi connectivity index (χ0v) is 9.58. The van der Waals surface area contributed by atoms with E-state index >= 15 is 0 Å². The number of aromatic nitrogens is 5. The average Bonchev–Trinajstić information content (AvgIpc) is 2.92. The number of benzene rings is 1. The Morgan fingerprint density at radius 3 is 2.68 bits per heavy atom. The fourth-order valence-electron chi connectivity index (χ4n) is 1.59. The van der Waals surface area contributed by atoms with Crippen molar-refractivity contribution in [2.75, 3.05) is 0 Å². The largest absolute Gasteiger partial charge is 0.507 e. The lowest BCUT2D eigenvalue weighted by molar-refractivity contribution is 0.475. The van der Waals surface area contributed by atoms with Gasteiger partial charge in [-0.1, -0.05) is 0 Å². The van der Waals surface area contributed by atoms with Gasteiger partial charge in [0.2, 0.25) is 5.82 Å². The van der Waals surface area contributed by atoms with Gasteiger partial charge in [-0.05, 0) is 24.3 Å². The summed E-state index contributed by atoms with van der Waals surface area (Å²) >= 11 is 0. The number of phenols is 1. The van der Waals surface area contributed by atoms with E-state index < -0.39 is 5.82 Å². The Morgan fingerprint density at radius 1 is 1.11 bits per heavy atom. The topological polar surface area (TPSA) is 87.6 Å². The van der Waals surface area contributed by atoms with Crippen LogP contribution >= 0.6 is 0 Å². The Morgan fingerprint density at radius 2 is 1.89 bits per heavy atom. The number of hydrogen-bond acceptors (Lipinski definition) is 5. The third-order valence-electron chi connectivity index (χ3n) is 2.46. The molecule has 3 rings (SSSR count). The second-order valence-electron chi connectivity index (χ2n) is 3.74. The van der Waals surface area contributed by atoms with Crippen molar-refractivity contribution in [2.45, 2.75) is 0 Å². The molecule has 94 valence electrons. The number of hydrogen-bond donors (Lipinski definition) is 2. The van der Waals surface area contributed by atoms with Gasteiger partial charge in [0.25, 0.3) is 0 Å². The smallest absolute Gasteiger partial charge is 0.219 e. The molecule has 0 bridgehead atoms. The molecule has 2 heterocycles. The first kappa shape index (κ1) is 11.3. The SMILES string of the molecule is Oc1ccc(F)cc1-c1nc(-c2ncccn2)n[nH]1. The van der Waals surface area contributed by atoms with Crippen molar-refractivity contribution in [1.82, 2.24) is 25.1 Å². The number of halogens is 1. The number of aromatic amines is 1. The highest BCUT2D eigenvalue weighted by molar-refractivity contribution is 5.64. The van der Waals surface area contributed by atoms with Crippen LogP contribution in [0.3, 0.4) is 0 Å². The minimum Gasteiger partial charge on any atom is -0.507 e. The lowest BCUT2D eigenvalue weighted by Gasteiger charge is -1.99. The summed E-state index contributed by atoms with van der Waals surface area (Å²) in [6, 6.07) is 5.27. The first-order valence-electron chi connectivity index (χ1n) is 5.43. The van der Waals surface area contributed by atoms with Crippen LogP contribution in [0, 0.1) is 5.82 Å². The lowest BCUT2D eigenvalue weighted by atomic mass is 10.2. The summed E-state index contributed by atoms with van der Waals surface area (Å²) in [6.07, 6.45) is 3.13. The van der Waals surface area contributed by atoms with E-state index in [0.29, 0.717) is 5.82 Å². The monoisotopic (exact) mass is 257 g/mol. The summed E-state index contributed by atoms with van der Waals surface area (Å²) in [7, 11) is 0. The molecule has 2 N–H and O–H groups in total. The molecular weight excluding hydrogens is 249 g/mol. The molecule has 0 saturated carbocycles. The number of nitrogens with zero attached hydrogens (tertiary/aromatic N) is 4. The summed E-state index contributed by atoms with van der Waals surface area (Å²) in [5, 5.41) is 16.2. The molecule has 0 saturated heterocycles. The molecule has 0 aliphatic rings. The summed E-state index contributed by atoms with van der Waals surface area (Å²) < 4.78 is 13.2. The molecule has 0 atom stereocenters. The van der Waals surface area contributed by atoms with Crippen LogP contribution in [-0.2, 0) is 0 Å². The zero-order chi connectivity index (χ0) is 13.2. The van der Waals surface area contributed by atoms with Gasteiger partial charge in [0.15, 0.2) is 11.6 Å². The summed E-state index contributed by atoms with van der Waals surface area (Å²) in [5.41, 5.74) is 0.231. The van der Waals surface area contributed by atoms with Crippen molar-refractivity contribution < 1.29 is 9.50 Å². The highest BCUT2D eigenvalue weighted by Crippen LogP contribution is 2.27. The molecule has 1 aromatic carbocycles. The predicted molar refractivity (Wildman–Crippen MR) is 64.5 cm³/mol. The highest BCUT2D eigenvalue weighted by Gasteiger charge is 2.13. The minimum absolute atomic E-state index is 0.0851. The van der Waals surface area contributed by atoms with E-state index in [-0.39, 0.29) is 23.0 Å². The molecule has 0 radical (unpaired) electrons. The molecule has 0 fully saturated rings. The molecule has 0 aliphatic heterocycles. The summed E-state index contributed by atoms with van der Waals surface area (Å²) in [5.74, 6) is 0.319. The Hall–Kier alpha value is -2.83. The highest BCUT2D eigenvalue weighted by atomic mass is 19.1. The van der Waals surface area contributed by atoms with E-state index in [1.165, 1.54) is 12.1 Å². The maximum atomic E-state index is 13.2. The van der Waals surface area contributed by atoms with Crippen molar-refractivity contribution in [3.8, 4) is 28.8 Å². The van der Waals surface area contributed by atoms with Crippen molar-refractivity contribution in [3.63, 3.8) is 0 Å². The van der Waals surface area contributed by atoms with Gasteiger partial charge in [-0.25, -0.2) is 19.3 Å². The molecule has 7 heteroatoms. The van der Waals surface area contributed by atoms with Crippen LogP contribution < -0.4 is 0 Å². The van der Waals surface area contributed by atoms with E-state index in [1.54, 1.807) is 18.5 Å². The predicted octanol–water partition coefficient (Wildman–Crippen LogP) is 1.77. The van der Waals surface area contributed by atoms with Gasteiger partial charge in [0.05, 0.1) is 5.56 Å². The van der Waals surface area contributed by atoms with Crippen LogP contribution in [0.15, 0.2) is 36.7 Å². The Kier molecular flexibility index (Phi) is 2.64. The lowest BCUT2D eigenvalue weighted by Crippen LogP contribution is -1.88. The van der Waals surface area contributed by atoms with Crippen LogP contribution in [0.4, 0.5) is 4.39 Å². The normalized spacial score (nSPS) is 10.6. The fraction of sp³-hybridized carbons (Fsp3) is 0. The van der Waals surface area contributed by atoms with Crippen LogP contribution in [0.1, 0.15) is 0 Å². The standard InChI is InChI=1S/C12H8FN5O/c13-7-2-3-9(19)8(6-7)10-16-12(18-17-10)11-14-4-1-5-15-11/h1-6,19H,(H,16,17,18). The third kappa shape index (κ3) is 2.13. The van der Waals surface area contributed by atoms with Gasteiger partial charge in [-0.2, -0.15) is 0 Å². The zero-order valence-electron chi connectivity index (χ0n) is 9.58. The molecule has 0 amide bonds. The number of phenolic OH excluding ortho intramolecular Hbond substituents is 1. The molecule has 0 aliphatic carbocycles. The van der Waals surface area contributed by atoms with E-state index in [4.69, 9.17) is 0 Å². The van der Waals surface area contributed by atoms with Gasteiger partial charge >= 0.3 is 0 Å². The Labute approximate surface area is 107 Å². The van der Waals surface area contributed by atoms with E-state index in [9.17, 15) is 9.50 Å². The molecule has 19 heavy (non-hydrogen) atoms. The average molecular weight is 257 g/mol. The maximum absolute atomic E-state index is 13.2. The third-order valence-corrected chi connectivity index (χ3v) is 2.46. The molecule has 0 spiro atoms. The van der Waals surface area contributed by atoms with Crippen molar-refractivity contribution in [2.24, 2.45) is 0 Å². The van der Waals surface area contributed by atoms with E-state index in [2.05, 4.69) is 25.1 Å². The maximum Gasteiger partial charge on any atom is 0.219 e. The van der Waals surface area contributed by atoms with Gasteiger partial charge in [-0.3, -0.25) is 5.10 Å². The summed E-state index contributed by atoms with van der Waals surface area (Å²) in [6.45, 7) is 0. The van der Waals surface area contributed by atoms with Crippen molar-refractivity contribution >= 4 is 0 Å². The first-order valence-corrected chi connectivity index (χ1v) is 5.43. The van der Waals surface area contributed by atoms with Gasteiger partial charge in [0, 0.05) is 12.4 Å². The second kappa shape index (κ2) is 4.45. The van der Waals surface area contributed by atoms with Gasteiger partial charge in [0.1, 0.15) is 11.6 Å². The van der Waals surface area contributed by atoms with Crippen LogP contribution in [0.5, 0.6) is 5.75 Å². The number of nitrogens with one attached hydrogen (secondary N) is 1. The molecule has 2 aromatic heterocycles.